The van der Waals surface area contributed by atoms with Gasteiger partial charge in [-0.05, 0) is 31.5 Å². The quantitative estimate of drug-likeness (QED) is 0.895. The summed E-state index contributed by atoms with van der Waals surface area (Å²) in [6.07, 6.45) is 1.97. The molecule has 0 spiro atoms. The van der Waals surface area contributed by atoms with Crippen LogP contribution in [0.3, 0.4) is 0 Å². The first-order valence-corrected chi connectivity index (χ1v) is 6.42. The Bertz CT molecular complexity index is 528. The van der Waals surface area contributed by atoms with Crippen molar-refractivity contribution in [3.63, 3.8) is 0 Å². The van der Waals surface area contributed by atoms with E-state index in [-0.39, 0.29) is 6.04 Å². The SMILES string of the molecule is CCNC(c1ccccc1C)c1cnn(C)c1C. The van der Waals surface area contributed by atoms with E-state index in [9.17, 15) is 0 Å². The van der Waals surface area contributed by atoms with Gasteiger partial charge in [0.05, 0.1) is 12.2 Å². The van der Waals surface area contributed by atoms with Crippen LogP contribution in [0, 0.1) is 13.8 Å². The van der Waals surface area contributed by atoms with Gasteiger partial charge in [0, 0.05) is 18.3 Å². The van der Waals surface area contributed by atoms with Crippen molar-refractivity contribution in [3.8, 4) is 0 Å². The van der Waals surface area contributed by atoms with Gasteiger partial charge in [-0.15, -0.1) is 0 Å². The molecule has 0 aliphatic carbocycles. The molecule has 1 atom stereocenters. The average molecular weight is 243 g/mol. The van der Waals surface area contributed by atoms with Gasteiger partial charge < -0.3 is 5.32 Å². The molecule has 3 heteroatoms. The maximum Gasteiger partial charge on any atom is 0.0613 e. The first-order chi connectivity index (χ1) is 8.65. The van der Waals surface area contributed by atoms with Crippen LogP contribution in [0.4, 0.5) is 0 Å². The third kappa shape index (κ3) is 2.31. The number of nitrogens with one attached hydrogen (secondary N) is 1. The number of rotatable bonds is 4. The molecule has 96 valence electrons. The molecule has 0 saturated carbocycles. The summed E-state index contributed by atoms with van der Waals surface area (Å²) in [4.78, 5) is 0. The monoisotopic (exact) mass is 243 g/mol. The number of aryl methyl sites for hydroxylation is 2. The Morgan fingerprint density at radius 3 is 2.50 bits per heavy atom. The average Bonchev–Trinajstić information content (AvgIpc) is 2.69. The van der Waals surface area contributed by atoms with E-state index in [4.69, 9.17) is 0 Å². The van der Waals surface area contributed by atoms with Crippen LogP contribution in [0.2, 0.25) is 0 Å². The second kappa shape index (κ2) is 5.36. The molecule has 0 bridgehead atoms. The standard InChI is InChI=1S/C15H21N3/c1-5-16-15(13-9-7-6-8-11(13)2)14-10-17-18(4)12(14)3/h6-10,15-16H,5H2,1-4H3. The van der Waals surface area contributed by atoms with Gasteiger partial charge in [-0.1, -0.05) is 31.2 Å². The van der Waals surface area contributed by atoms with E-state index in [2.05, 4.69) is 55.5 Å². The number of aromatic nitrogens is 2. The van der Waals surface area contributed by atoms with Gasteiger partial charge in [0.15, 0.2) is 0 Å². The summed E-state index contributed by atoms with van der Waals surface area (Å²) in [5.74, 6) is 0. The molecule has 1 N–H and O–H groups in total. The van der Waals surface area contributed by atoms with Crippen molar-refractivity contribution in [3.05, 3.63) is 52.8 Å². The van der Waals surface area contributed by atoms with Crippen molar-refractivity contribution >= 4 is 0 Å². The van der Waals surface area contributed by atoms with Gasteiger partial charge in [-0.2, -0.15) is 5.10 Å². The maximum absolute atomic E-state index is 4.35. The predicted octanol–water partition coefficient (Wildman–Crippen LogP) is 2.74. The zero-order chi connectivity index (χ0) is 13.1. The fourth-order valence-corrected chi connectivity index (χ4v) is 2.30. The highest BCUT2D eigenvalue weighted by molar-refractivity contribution is 5.37. The molecule has 2 rings (SSSR count). The van der Waals surface area contributed by atoms with Gasteiger partial charge >= 0.3 is 0 Å². The molecule has 0 aliphatic rings. The minimum atomic E-state index is 0.227. The van der Waals surface area contributed by atoms with Crippen LogP contribution in [-0.4, -0.2) is 16.3 Å². The molecule has 1 aromatic carbocycles. The fraction of sp³-hybridized carbons (Fsp3) is 0.400. The van der Waals surface area contributed by atoms with E-state index >= 15 is 0 Å². The van der Waals surface area contributed by atoms with Gasteiger partial charge in [0.2, 0.25) is 0 Å². The van der Waals surface area contributed by atoms with Gasteiger partial charge in [0.1, 0.15) is 0 Å². The minimum Gasteiger partial charge on any atom is -0.306 e. The molecule has 1 heterocycles. The molecule has 0 fully saturated rings. The molecule has 3 nitrogen and oxygen atoms in total. The molecular weight excluding hydrogens is 222 g/mol. The summed E-state index contributed by atoms with van der Waals surface area (Å²) in [5.41, 5.74) is 5.11. The summed E-state index contributed by atoms with van der Waals surface area (Å²) in [7, 11) is 1.99. The van der Waals surface area contributed by atoms with Crippen molar-refractivity contribution in [2.45, 2.75) is 26.8 Å². The fourth-order valence-electron chi connectivity index (χ4n) is 2.30. The van der Waals surface area contributed by atoms with Crippen LogP contribution in [0.25, 0.3) is 0 Å². The number of benzene rings is 1. The van der Waals surface area contributed by atoms with Crippen molar-refractivity contribution in [2.24, 2.45) is 7.05 Å². The molecule has 0 aliphatic heterocycles. The van der Waals surface area contributed by atoms with E-state index < -0.39 is 0 Å². The lowest BCUT2D eigenvalue weighted by molar-refractivity contribution is 0.622. The highest BCUT2D eigenvalue weighted by atomic mass is 15.3. The Kier molecular flexibility index (Phi) is 3.82. The van der Waals surface area contributed by atoms with E-state index in [0.29, 0.717) is 0 Å². The summed E-state index contributed by atoms with van der Waals surface area (Å²) < 4.78 is 1.93. The van der Waals surface area contributed by atoms with Gasteiger partial charge in [0.25, 0.3) is 0 Å². The minimum absolute atomic E-state index is 0.227. The van der Waals surface area contributed by atoms with E-state index in [1.165, 1.54) is 22.4 Å². The lowest BCUT2D eigenvalue weighted by Gasteiger charge is -2.20. The van der Waals surface area contributed by atoms with Crippen LogP contribution in [0.15, 0.2) is 30.5 Å². The molecule has 1 unspecified atom stereocenters. The van der Waals surface area contributed by atoms with Crippen LogP contribution in [0.5, 0.6) is 0 Å². The van der Waals surface area contributed by atoms with Crippen molar-refractivity contribution in [2.75, 3.05) is 6.54 Å². The highest BCUT2D eigenvalue weighted by Crippen LogP contribution is 2.26. The molecular formula is C15H21N3. The van der Waals surface area contributed by atoms with E-state index in [1.54, 1.807) is 0 Å². The predicted molar refractivity (Wildman–Crippen MR) is 74.6 cm³/mol. The lowest BCUT2D eigenvalue weighted by Crippen LogP contribution is -2.23. The van der Waals surface area contributed by atoms with Gasteiger partial charge in [-0.25, -0.2) is 0 Å². The normalized spacial score (nSPS) is 12.7. The van der Waals surface area contributed by atoms with Crippen LogP contribution < -0.4 is 5.32 Å². The Balaban J connectivity index is 2.47. The Morgan fingerprint density at radius 2 is 1.94 bits per heavy atom. The molecule has 0 amide bonds. The largest absolute Gasteiger partial charge is 0.306 e. The zero-order valence-electron chi connectivity index (χ0n) is 11.6. The smallest absolute Gasteiger partial charge is 0.0613 e. The number of nitrogens with zero attached hydrogens (tertiary/aromatic N) is 2. The van der Waals surface area contributed by atoms with Crippen LogP contribution >= 0.6 is 0 Å². The van der Waals surface area contributed by atoms with Crippen molar-refractivity contribution in [1.29, 1.82) is 0 Å². The van der Waals surface area contributed by atoms with E-state index in [1.807, 2.05) is 17.9 Å². The number of hydrogen-bond acceptors (Lipinski definition) is 2. The van der Waals surface area contributed by atoms with Crippen LogP contribution in [-0.2, 0) is 7.05 Å². The number of hydrogen-bond donors (Lipinski definition) is 1. The highest BCUT2D eigenvalue weighted by Gasteiger charge is 2.18. The lowest BCUT2D eigenvalue weighted by atomic mass is 9.95. The summed E-state index contributed by atoms with van der Waals surface area (Å²) >= 11 is 0. The Hall–Kier alpha value is -1.61. The topological polar surface area (TPSA) is 29.9 Å². The molecule has 0 saturated heterocycles. The summed E-state index contributed by atoms with van der Waals surface area (Å²) in [6, 6.07) is 8.75. The second-order valence-electron chi connectivity index (χ2n) is 4.66. The zero-order valence-corrected chi connectivity index (χ0v) is 11.6. The second-order valence-corrected chi connectivity index (χ2v) is 4.66. The summed E-state index contributed by atoms with van der Waals surface area (Å²) in [6.45, 7) is 7.35. The first kappa shape index (κ1) is 12.8. The molecule has 18 heavy (non-hydrogen) atoms. The van der Waals surface area contributed by atoms with Gasteiger partial charge in [-0.3, -0.25) is 4.68 Å². The van der Waals surface area contributed by atoms with Crippen LogP contribution in [0.1, 0.15) is 35.3 Å². The molecule has 2 aromatic rings. The first-order valence-electron chi connectivity index (χ1n) is 6.42. The third-order valence-corrected chi connectivity index (χ3v) is 3.49. The summed E-state index contributed by atoms with van der Waals surface area (Å²) in [5, 5.41) is 7.91. The van der Waals surface area contributed by atoms with E-state index in [0.717, 1.165) is 6.54 Å². The molecule has 0 radical (unpaired) electrons. The third-order valence-electron chi connectivity index (χ3n) is 3.49. The van der Waals surface area contributed by atoms with Crippen molar-refractivity contribution in [1.82, 2.24) is 15.1 Å². The van der Waals surface area contributed by atoms with Crippen molar-refractivity contribution < 1.29 is 0 Å². The Morgan fingerprint density at radius 1 is 1.22 bits per heavy atom. The Labute approximate surface area is 109 Å². The maximum atomic E-state index is 4.35. The molecule has 1 aromatic heterocycles.